The molecule has 0 saturated heterocycles. The highest BCUT2D eigenvalue weighted by atomic mass is 16.5. The Morgan fingerprint density at radius 1 is 1.15 bits per heavy atom. The van der Waals surface area contributed by atoms with Gasteiger partial charge in [0.1, 0.15) is 0 Å². The lowest BCUT2D eigenvalue weighted by Gasteiger charge is -2.38. The molecule has 0 spiro atoms. The number of rotatable bonds is 3. The van der Waals surface area contributed by atoms with Gasteiger partial charge in [0.25, 0.3) is 0 Å². The third kappa shape index (κ3) is 2.95. The molecule has 0 radical (unpaired) electrons. The SMILES string of the molecule is COC(=O)c1ccc2c(c1C)N[C@H](c1ccc(C(C)C)cc1)[C@@H]1CC=C[C@H]21. The van der Waals surface area contributed by atoms with Gasteiger partial charge in [-0.05, 0) is 53.5 Å². The van der Waals surface area contributed by atoms with E-state index >= 15 is 0 Å². The van der Waals surface area contributed by atoms with Crippen LogP contribution in [0.1, 0.15) is 70.8 Å². The van der Waals surface area contributed by atoms with Crippen molar-refractivity contribution < 1.29 is 9.53 Å². The number of hydrogen-bond donors (Lipinski definition) is 1. The van der Waals surface area contributed by atoms with Crippen molar-refractivity contribution in [1.29, 1.82) is 0 Å². The number of allylic oxidation sites excluding steroid dienone is 2. The quantitative estimate of drug-likeness (QED) is 0.560. The van der Waals surface area contributed by atoms with E-state index in [0.717, 1.165) is 17.7 Å². The van der Waals surface area contributed by atoms with Gasteiger partial charge in [-0.2, -0.15) is 0 Å². The lowest BCUT2D eigenvalue weighted by molar-refractivity contribution is 0.0600. The van der Waals surface area contributed by atoms with E-state index in [0.29, 0.717) is 23.3 Å². The van der Waals surface area contributed by atoms with Crippen LogP contribution in [-0.4, -0.2) is 13.1 Å². The van der Waals surface area contributed by atoms with Gasteiger partial charge in [-0.3, -0.25) is 0 Å². The highest BCUT2D eigenvalue weighted by molar-refractivity contribution is 5.93. The van der Waals surface area contributed by atoms with Gasteiger partial charge in [0.15, 0.2) is 0 Å². The third-order valence-electron chi connectivity index (χ3n) is 6.16. The molecule has 2 aliphatic rings. The Morgan fingerprint density at radius 3 is 2.56 bits per heavy atom. The smallest absolute Gasteiger partial charge is 0.338 e. The summed E-state index contributed by atoms with van der Waals surface area (Å²) in [5.41, 5.74) is 6.66. The standard InChI is InChI=1S/C24H27NO2/c1-14(2)16-8-10-17(11-9-16)23-20-7-5-6-19(20)21-13-12-18(24(26)27-4)15(3)22(21)25-23/h5-6,8-14,19-20,23,25H,7H2,1-4H3/t19-,20+,23+/m0/s1. The first-order valence-electron chi connectivity index (χ1n) is 9.76. The first-order chi connectivity index (χ1) is 13.0. The Bertz CT molecular complexity index is 895. The Morgan fingerprint density at radius 2 is 1.89 bits per heavy atom. The minimum absolute atomic E-state index is 0.241. The number of carbonyl (C=O) groups is 1. The summed E-state index contributed by atoms with van der Waals surface area (Å²) < 4.78 is 4.96. The lowest BCUT2D eigenvalue weighted by Crippen LogP contribution is -2.30. The predicted molar refractivity (Wildman–Crippen MR) is 109 cm³/mol. The van der Waals surface area contributed by atoms with Crippen molar-refractivity contribution in [2.45, 2.75) is 45.1 Å². The van der Waals surface area contributed by atoms with Gasteiger partial charge in [-0.25, -0.2) is 4.79 Å². The first kappa shape index (κ1) is 17.8. The summed E-state index contributed by atoms with van der Waals surface area (Å²) in [4.78, 5) is 12.1. The summed E-state index contributed by atoms with van der Waals surface area (Å²) in [6.07, 6.45) is 5.70. The molecule has 27 heavy (non-hydrogen) atoms. The number of ether oxygens (including phenoxy) is 1. The van der Waals surface area contributed by atoms with Gasteiger partial charge in [-0.15, -0.1) is 0 Å². The van der Waals surface area contributed by atoms with Crippen LogP contribution >= 0.6 is 0 Å². The van der Waals surface area contributed by atoms with Gasteiger partial charge >= 0.3 is 5.97 Å². The zero-order chi connectivity index (χ0) is 19.1. The molecule has 0 saturated carbocycles. The molecule has 0 unspecified atom stereocenters. The average Bonchev–Trinajstić information content (AvgIpc) is 3.17. The van der Waals surface area contributed by atoms with Gasteiger partial charge < -0.3 is 10.1 Å². The van der Waals surface area contributed by atoms with Gasteiger partial charge in [-0.1, -0.05) is 56.3 Å². The monoisotopic (exact) mass is 361 g/mol. The van der Waals surface area contributed by atoms with E-state index < -0.39 is 0 Å². The van der Waals surface area contributed by atoms with Crippen LogP contribution in [0.5, 0.6) is 0 Å². The summed E-state index contributed by atoms with van der Waals surface area (Å²) in [7, 11) is 1.43. The molecule has 0 amide bonds. The van der Waals surface area contributed by atoms with E-state index in [1.165, 1.54) is 23.8 Å². The largest absolute Gasteiger partial charge is 0.465 e. The van der Waals surface area contributed by atoms with Gasteiger partial charge in [0, 0.05) is 11.6 Å². The Labute approximate surface area is 161 Å². The van der Waals surface area contributed by atoms with Crippen LogP contribution in [0.15, 0.2) is 48.6 Å². The Kier molecular flexibility index (Phi) is 4.55. The van der Waals surface area contributed by atoms with Crippen LogP contribution < -0.4 is 5.32 Å². The van der Waals surface area contributed by atoms with Crippen molar-refractivity contribution in [2.75, 3.05) is 12.4 Å². The zero-order valence-corrected chi connectivity index (χ0v) is 16.5. The molecular weight excluding hydrogens is 334 g/mol. The molecule has 4 rings (SSSR count). The fourth-order valence-corrected chi connectivity index (χ4v) is 4.56. The number of esters is 1. The van der Waals surface area contributed by atoms with Gasteiger partial charge in [0.2, 0.25) is 0 Å². The van der Waals surface area contributed by atoms with Crippen LogP contribution in [0.25, 0.3) is 0 Å². The molecule has 1 aliphatic heterocycles. The van der Waals surface area contributed by atoms with Crippen LogP contribution in [0.4, 0.5) is 5.69 Å². The zero-order valence-electron chi connectivity index (χ0n) is 16.5. The molecule has 3 heteroatoms. The number of fused-ring (bicyclic) bond motifs is 3. The summed E-state index contributed by atoms with van der Waals surface area (Å²) >= 11 is 0. The normalized spacial score (nSPS) is 22.9. The molecule has 2 aromatic rings. The topological polar surface area (TPSA) is 38.3 Å². The van der Waals surface area contributed by atoms with Crippen molar-refractivity contribution in [3.63, 3.8) is 0 Å². The fraction of sp³-hybridized carbons (Fsp3) is 0.375. The second kappa shape index (κ2) is 6.88. The molecule has 0 fully saturated rings. The van der Waals surface area contributed by atoms with Crippen LogP contribution in [0, 0.1) is 12.8 Å². The molecule has 140 valence electrons. The molecular formula is C24H27NO2. The number of methoxy groups -OCH3 is 1. The second-order valence-electron chi connectivity index (χ2n) is 7.99. The Balaban J connectivity index is 1.76. The number of hydrogen-bond acceptors (Lipinski definition) is 3. The molecule has 1 heterocycles. The summed E-state index contributed by atoms with van der Waals surface area (Å²) in [6, 6.07) is 13.2. The number of carbonyl (C=O) groups excluding carboxylic acids is 1. The number of benzene rings is 2. The van der Waals surface area contributed by atoms with E-state index in [1.807, 2.05) is 13.0 Å². The molecule has 3 nitrogen and oxygen atoms in total. The van der Waals surface area contributed by atoms with E-state index in [4.69, 9.17) is 4.74 Å². The second-order valence-corrected chi connectivity index (χ2v) is 7.99. The van der Waals surface area contributed by atoms with E-state index in [2.05, 4.69) is 61.6 Å². The third-order valence-corrected chi connectivity index (χ3v) is 6.16. The van der Waals surface area contributed by atoms with E-state index in [1.54, 1.807) is 0 Å². The number of anilines is 1. The van der Waals surface area contributed by atoms with Crippen molar-refractivity contribution in [3.05, 3.63) is 76.4 Å². The maximum Gasteiger partial charge on any atom is 0.338 e. The molecule has 0 aromatic heterocycles. The highest BCUT2D eigenvalue weighted by Crippen LogP contribution is 2.51. The summed E-state index contributed by atoms with van der Waals surface area (Å²) in [5.74, 6) is 1.15. The van der Waals surface area contributed by atoms with E-state index in [9.17, 15) is 4.79 Å². The van der Waals surface area contributed by atoms with Crippen molar-refractivity contribution >= 4 is 11.7 Å². The minimum atomic E-state index is -0.279. The minimum Gasteiger partial charge on any atom is -0.465 e. The molecule has 0 bridgehead atoms. The predicted octanol–water partition coefficient (Wildman–Crippen LogP) is 5.73. The van der Waals surface area contributed by atoms with Crippen LogP contribution in [0.3, 0.4) is 0 Å². The summed E-state index contributed by atoms with van der Waals surface area (Å²) in [6.45, 7) is 6.45. The van der Waals surface area contributed by atoms with Crippen LogP contribution in [-0.2, 0) is 4.74 Å². The highest BCUT2D eigenvalue weighted by Gasteiger charge is 2.39. The van der Waals surface area contributed by atoms with Crippen LogP contribution in [0.2, 0.25) is 0 Å². The Hall–Kier alpha value is -2.55. The maximum absolute atomic E-state index is 12.1. The van der Waals surface area contributed by atoms with E-state index in [-0.39, 0.29) is 12.0 Å². The lowest BCUT2D eigenvalue weighted by atomic mass is 9.75. The molecule has 2 aromatic carbocycles. The number of nitrogens with one attached hydrogen (secondary N) is 1. The maximum atomic E-state index is 12.1. The molecule has 1 N–H and O–H groups in total. The first-order valence-corrected chi connectivity index (χ1v) is 9.76. The van der Waals surface area contributed by atoms with Crippen molar-refractivity contribution in [3.8, 4) is 0 Å². The van der Waals surface area contributed by atoms with Crippen molar-refractivity contribution in [2.24, 2.45) is 5.92 Å². The van der Waals surface area contributed by atoms with Crippen molar-refractivity contribution in [1.82, 2.24) is 0 Å². The fourth-order valence-electron chi connectivity index (χ4n) is 4.56. The average molecular weight is 361 g/mol. The summed E-state index contributed by atoms with van der Waals surface area (Å²) in [5, 5.41) is 3.77. The molecule has 3 atom stereocenters. The van der Waals surface area contributed by atoms with Gasteiger partial charge in [0.05, 0.1) is 18.7 Å². The molecule has 1 aliphatic carbocycles.